The summed E-state index contributed by atoms with van der Waals surface area (Å²) in [6, 6.07) is 10.5. The first-order valence-electron chi connectivity index (χ1n) is 10.8. The zero-order chi connectivity index (χ0) is 23.9. The highest BCUT2D eigenvalue weighted by molar-refractivity contribution is 7.92. The van der Waals surface area contributed by atoms with Gasteiger partial charge in [0.15, 0.2) is 18.2 Å². The van der Waals surface area contributed by atoms with Gasteiger partial charge in [-0.3, -0.25) is 19.2 Å². The maximum absolute atomic E-state index is 13.1. The molecule has 3 aromatic rings. The van der Waals surface area contributed by atoms with Crippen LogP contribution in [0.2, 0.25) is 0 Å². The fraction of sp³-hybridized carbons (Fsp3) is 0.304. The van der Waals surface area contributed by atoms with Crippen LogP contribution in [0.3, 0.4) is 0 Å². The van der Waals surface area contributed by atoms with Gasteiger partial charge in [-0.1, -0.05) is 23.7 Å². The van der Waals surface area contributed by atoms with Crippen molar-refractivity contribution in [1.82, 2.24) is 10.1 Å². The monoisotopic (exact) mass is 482 g/mol. The Labute approximate surface area is 196 Å². The van der Waals surface area contributed by atoms with Gasteiger partial charge in [-0.05, 0) is 50.1 Å². The third-order valence-corrected chi connectivity index (χ3v) is 7.32. The second-order valence-corrected chi connectivity index (χ2v) is 10.00. The number of nitrogens with zero attached hydrogens (tertiary/aromatic N) is 3. The molecule has 176 valence electrons. The quantitative estimate of drug-likeness (QED) is 0.508. The highest BCUT2D eigenvalue weighted by Crippen LogP contribution is 2.37. The van der Waals surface area contributed by atoms with E-state index in [1.54, 1.807) is 18.2 Å². The highest BCUT2D eigenvalue weighted by atomic mass is 32.2. The second-order valence-electron chi connectivity index (χ2n) is 8.32. The minimum atomic E-state index is -4.01. The van der Waals surface area contributed by atoms with Crippen LogP contribution in [-0.2, 0) is 21.4 Å². The second kappa shape index (κ2) is 8.56. The Morgan fingerprint density at radius 3 is 2.76 bits per heavy atom. The molecule has 1 aliphatic heterocycles. The van der Waals surface area contributed by atoms with E-state index in [-0.39, 0.29) is 41.3 Å². The van der Waals surface area contributed by atoms with Gasteiger partial charge < -0.3 is 9.26 Å². The van der Waals surface area contributed by atoms with Crippen molar-refractivity contribution in [2.24, 2.45) is 0 Å². The molecule has 1 fully saturated rings. The van der Waals surface area contributed by atoms with Gasteiger partial charge in [0.05, 0.1) is 17.1 Å². The van der Waals surface area contributed by atoms with E-state index in [9.17, 15) is 18.0 Å². The van der Waals surface area contributed by atoms with Crippen LogP contribution >= 0.6 is 0 Å². The van der Waals surface area contributed by atoms with Crippen molar-refractivity contribution < 1.29 is 27.3 Å². The molecule has 10 nitrogen and oxygen atoms in total. The normalized spacial score (nSPS) is 15.9. The molecular formula is C23H22N4O6S. The molecule has 0 radical (unpaired) electrons. The van der Waals surface area contributed by atoms with E-state index in [1.807, 2.05) is 0 Å². The number of nitrogens with one attached hydrogen (secondary N) is 1. The lowest BCUT2D eigenvalue weighted by atomic mass is 9.85. The number of hydrogen-bond acceptors (Lipinski definition) is 8. The molecule has 5 rings (SSSR count). The van der Waals surface area contributed by atoms with E-state index in [0.29, 0.717) is 28.7 Å². The van der Waals surface area contributed by atoms with Crippen LogP contribution in [0, 0.1) is 0 Å². The summed E-state index contributed by atoms with van der Waals surface area (Å²) in [7, 11) is -4.01. The number of anilines is 2. The summed E-state index contributed by atoms with van der Waals surface area (Å²) in [5.41, 5.74) is 0.939. The van der Waals surface area contributed by atoms with E-state index in [2.05, 4.69) is 14.9 Å². The Morgan fingerprint density at radius 1 is 1.21 bits per heavy atom. The molecule has 1 saturated carbocycles. The molecule has 1 aliphatic carbocycles. The van der Waals surface area contributed by atoms with Crippen molar-refractivity contribution in [3.8, 4) is 5.75 Å². The van der Waals surface area contributed by atoms with Crippen molar-refractivity contribution in [2.75, 3.05) is 16.2 Å². The van der Waals surface area contributed by atoms with Crippen LogP contribution in [0.1, 0.15) is 54.2 Å². The Balaban J connectivity index is 1.42. The number of benzene rings is 2. The molecule has 34 heavy (non-hydrogen) atoms. The number of ketones is 1. The molecule has 0 spiro atoms. The van der Waals surface area contributed by atoms with E-state index >= 15 is 0 Å². The predicted octanol–water partition coefficient (Wildman–Crippen LogP) is 3.27. The first kappa shape index (κ1) is 22.1. The van der Waals surface area contributed by atoms with Gasteiger partial charge in [0.1, 0.15) is 5.75 Å². The number of rotatable bonds is 7. The first-order valence-corrected chi connectivity index (χ1v) is 12.3. The summed E-state index contributed by atoms with van der Waals surface area (Å²) in [6.07, 6.45) is 3.14. The van der Waals surface area contributed by atoms with Gasteiger partial charge in [0.2, 0.25) is 5.89 Å². The topological polar surface area (TPSA) is 132 Å². The fourth-order valence-electron chi connectivity index (χ4n) is 3.83. The van der Waals surface area contributed by atoms with Crippen LogP contribution in [-0.4, -0.2) is 36.9 Å². The molecule has 0 bridgehead atoms. The molecule has 2 aliphatic rings. The number of sulfonamides is 1. The van der Waals surface area contributed by atoms with Crippen LogP contribution in [0.5, 0.6) is 5.75 Å². The average molecular weight is 483 g/mol. The summed E-state index contributed by atoms with van der Waals surface area (Å²) in [6.45, 7) is 1.26. The van der Waals surface area contributed by atoms with E-state index in [1.165, 1.54) is 36.1 Å². The Kier molecular flexibility index (Phi) is 5.56. The van der Waals surface area contributed by atoms with Crippen LogP contribution in [0.25, 0.3) is 0 Å². The summed E-state index contributed by atoms with van der Waals surface area (Å²) in [5.74, 6) is 1.02. The molecule has 1 amide bonds. The SMILES string of the molecule is CC(=O)c1cccc(NS(=O)(=O)c2ccc3c(c2)N(Cc2noc(C4CCC4)n2)C(=O)CO3)c1. The number of ether oxygens (including phenoxy) is 1. The largest absolute Gasteiger partial charge is 0.482 e. The lowest BCUT2D eigenvalue weighted by Crippen LogP contribution is -2.38. The Morgan fingerprint density at radius 2 is 2.03 bits per heavy atom. The highest BCUT2D eigenvalue weighted by Gasteiger charge is 2.31. The fourth-order valence-corrected chi connectivity index (χ4v) is 4.90. The number of carbonyl (C=O) groups excluding carboxylic acids is 2. The zero-order valence-corrected chi connectivity index (χ0v) is 19.2. The molecule has 0 unspecified atom stereocenters. The third-order valence-electron chi connectivity index (χ3n) is 5.94. The number of Topliss-reactive ketones (excluding diaryl/α,β-unsaturated/α-hetero) is 1. The third kappa shape index (κ3) is 4.26. The molecule has 2 aromatic carbocycles. The first-order chi connectivity index (χ1) is 16.3. The molecule has 0 saturated heterocycles. The van der Waals surface area contributed by atoms with E-state index in [0.717, 1.165) is 19.3 Å². The lowest BCUT2D eigenvalue weighted by molar-refractivity contribution is -0.121. The number of amides is 1. The molecule has 11 heteroatoms. The zero-order valence-electron chi connectivity index (χ0n) is 18.4. The number of aromatic nitrogens is 2. The maximum atomic E-state index is 13.1. The van der Waals surface area contributed by atoms with Gasteiger partial charge in [-0.25, -0.2) is 8.42 Å². The maximum Gasteiger partial charge on any atom is 0.265 e. The molecule has 1 aromatic heterocycles. The van der Waals surface area contributed by atoms with Crippen molar-refractivity contribution >= 4 is 33.1 Å². The summed E-state index contributed by atoms with van der Waals surface area (Å²) >= 11 is 0. The molecule has 2 heterocycles. The number of hydrogen-bond donors (Lipinski definition) is 1. The van der Waals surface area contributed by atoms with Gasteiger partial charge >= 0.3 is 0 Å². The minimum Gasteiger partial charge on any atom is -0.482 e. The van der Waals surface area contributed by atoms with Crippen molar-refractivity contribution in [3.63, 3.8) is 0 Å². The minimum absolute atomic E-state index is 0.0308. The summed E-state index contributed by atoms with van der Waals surface area (Å²) in [5, 5.41) is 3.99. The van der Waals surface area contributed by atoms with Crippen LogP contribution in [0.4, 0.5) is 11.4 Å². The van der Waals surface area contributed by atoms with Crippen LogP contribution < -0.4 is 14.4 Å². The van der Waals surface area contributed by atoms with Crippen molar-refractivity contribution in [1.29, 1.82) is 0 Å². The smallest absolute Gasteiger partial charge is 0.265 e. The van der Waals surface area contributed by atoms with Gasteiger partial charge in [-0.15, -0.1) is 0 Å². The number of carbonyl (C=O) groups is 2. The summed E-state index contributed by atoms with van der Waals surface area (Å²) < 4.78 is 39.4. The van der Waals surface area contributed by atoms with Gasteiger partial charge in [0.25, 0.3) is 15.9 Å². The van der Waals surface area contributed by atoms with E-state index < -0.39 is 10.0 Å². The molecule has 0 atom stereocenters. The molecular weight excluding hydrogens is 460 g/mol. The number of fused-ring (bicyclic) bond motifs is 1. The lowest BCUT2D eigenvalue weighted by Gasteiger charge is -2.28. The van der Waals surface area contributed by atoms with Crippen molar-refractivity contribution in [2.45, 2.75) is 43.5 Å². The van der Waals surface area contributed by atoms with Gasteiger partial charge in [0, 0.05) is 17.2 Å². The van der Waals surface area contributed by atoms with Gasteiger partial charge in [-0.2, -0.15) is 4.98 Å². The summed E-state index contributed by atoms with van der Waals surface area (Å²) in [4.78, 5) is 30.0. The van der Waals surface area contributed by atoms with E-state index in [4.69, 9.17) is 9.26 Å². The standard InChI is InChI=1S/C23H22N4O6S/c1-14(28)16-6-3-7-17(10-16)26-34(30,31)18-8-9-20-19(11-18)27(22(29)13-32-20)12-21-24-23(33-25-21)15-4-2-5-15/h3,6-11,15,26H,2,4-5,12-13H2,1H3. The Hall–Kier alpha value is -3.73. The Bertz CT molecular complexity index is 1380. The molecule has 1 N–H and O–H groups in total. The average Bonchev–Trinajstić information content (AvgIpc) is 3.22. The van der Waals surface area contributed by atoms with Crippen LogP contribution in [0.15, 0.2) is 51.9 Å². The predicted molar refractivity (Wildman–Crippen MR) is 121 cm³/mol. The van der Waals surface area contributed by atoms with Crippen molar-refractivity contribution in [3.05, 3.63) is 59.7 Å².